The second-order valence-electron chi connectivity index (χ2n) is 10.8. The number of imidazole rings is 1. The van der Waals surface area contributed by atoms with Gasteiger partial charge in [-0.2, -0.15) is 0 Å². The van der Waals surface area contributed by atoms with Crippen LogP contribution in [0.1, 0.15) is 53.1 Å². The molecular formula is C33H40N6O3. The summed E-state index contributed by atoms with van der Waals surface area (Å²) in [5.41, 5.74) is 2.63. The highest BCUT2D eigenvalue weighted by Crippen LogP contribution is 2.24. The zero-order chi connectivity index (χ0) is 29.1. The predicted octanol–water partition coefficient (Wildman–Crippen LogP) is 3.94. The minimum Gasteiger partial charge on any atom is -0.379 e. The number of amides is 2. The van der Waals surface area contributed by atoms with Crippen molar-refractivity contribution in [3.8, 4) is 0 Å². The first-order chi connectivity index (χ1) is 20.6. The molecule has 1 unspecified atom stereocenters. The lowest BCUT2D eigenvalue weighted by atomic mass is 9.99. The van der Waals surface area contributed by atoms with Crippen molar-refractivity contribution in [2.24, 2.45) is 0 Å². The van der Waals surface area contributed by atoms with Crippen LogP contribution in [0.5, 0.6) is 0 Å². The summed E-state index contributed by atoms with van der Waals surface area (Å²) in [6.45, 7) is 7.39. The van der Waals surface area contributed by atoms with Gasteiger partial charge in [0.05, 0.1) is 25.8 Å². The lowest BCUT2D eigenvalue weighted by molar-refractivity contribution is -0.123. The van der Waals surface area contributed by atoms with Crippen LogP contribution in [0.4, 0.5) is 0 Å². The molecule has 3 aromatic carbocycles. The van der Waals surface area contributed by atoms with Crippen molar-refractivity contribution in [1.29, 1.82) is 0 Å². The number of fused-ring (bicyclic) bond motifs is 1. The van der Waals surface area contributed by atoms with Crippen molar-refractivity contribution < 1.29 is 14.3 Å². The van der Waals surface area contributed by atoms with Crippen LogP contribution in [0.3, 0.4) is 0 Å². The molecule has 1 fully saturated rings. The van der Waals surface area contributed by atoms with Crippen LogP contribution in [-0.2, 0) is 22.6 Å². The standard InChI is InChI=1S/C33H40N6O3/c1-24(28-9-4-7-26-6-2-3-8-29(26)28)37-33(41)30(10-5-17-39-18-20-42-21-19-39)38-32(40)27-13-11-25(12-14-27)22-34-23-31-35-15-16-36-31/h2-4,6-9,11-16,24,30,34H,5,10,17-23H2,1H3,(H,35,36)(H,37,41)(H,38,40)/t24?,30-/m0/s1. The molecule has 1 aliphatic rings. The monoisotopic (exact) mass is 568 g/mol. The van der Waals surface area contributed by atoms with Crippen molar-refractivity contribution in [2.45, 2.75) is 44.9 Å². The normalized spacial score (nSPS) is 15.3. The first kappa shape index (κ1) is 29.4. The predicted molar refractivity (Wildman–Crippen MR) is 164 cm³/mol. The number of hydrogen-bond acceptors (Lipinski definition) is 6. The maximum Gasteiger partial charge on any atom is 0.251 e. The third-order valence-corrected chi connectivity index (χ3v) is 7.73. The Morgan fingerprint density at radius 3 is 2.55 bits per heavy atom. The number of ether oxygens (including phenoxy) is 1. The Morgan fingerprint density at radius 2 is 1.76 bits per heavy atom. The minimum atomic E-state index is -0.648. The van der Waals surface area contributed by atoms with Crippen molar-refractivity contribution in [3.63, 3.8) is 0 Å². The highest BCUT2D eigenvalue weighted by Gasteiger charge is 2.24. The van der Waals surface area contributed by atoms with Gasteiger partial charge in [-0.05, 0) is 60.3 Å². The van der Waals surface area contributed by atoms with Gasteiger partial charge < -0.3 is 25.7 Å². The molecule has 2 amide bonds. The third-order valence-electron chi connectivity index (χ3n) is 7.73. The average Bonchev–Trinajstić information content (AvgIpc) is 3.54. The van der Waals surface area contributed by atoms with Crippen LogP contribution in [0.15, 0.2) is 79.1 Å². The first-order valence-corrected chi connectivity index (χ1v) is 14.7. The summed E-state index contributed by atoms with van der Waals surface area (Å²) >= 11 is 0. The van der Waals surface area contributed by atoms with Gasteiger partial charge in [0.1, 0.15) is 11.9 Å². The van der Waals surface area contributed by atoms with Gasteiger partial charge in [-0.15, -0.1) is 0 Å². The average molecular weight is 569 g/mol. The number of aromatic amines is 1. The van der Waals surface area contributed by atoms with E-state index in [4.69, 9.17) is 4.74 Å². The number of benzene rings is 3. The molecule has 2 heterocycles. The molecule has 0 saturated carbocycles. The molecule has 4 N–H and O–H groups in total. The fraction of sp³-hybridized carbons (Fsp3) is 0.364. The van der Waals surface area contributed by atoms with Gasteiger partial charge in [0.2, 0.25) is 5.91 Å². The maximum atomic E-state index is 13.6. The number of morpholine rings is 1. The van der Waals surface area contributed by atoms with Crippen LogP contribution < -0.4 is 16.0 Å². The second-order valence-corrected chi connectivity index (χ2v) is 10.8. The summed E-state index contributed by atoms with van der Waals surface area (Å²) in [6, 6.07) is 20.9. The van der Waals surface area contributed by atoms with Crippen LogP contribution in [0.25, 0.3) is 10.8 Å². The van der Waals surface area contributed by atoms with E-state index in [2.05, 4.69) is 49.0 Å². The summed E-state index contributed by atoms with van der Waals surface area (Å²) in [5, 5.41) is 11.8. The highest BCUT2D eigenvalue weighted by molar-refractivity contribution is 5.97. The Morgan fingerprint density at radius 1 is 0.976 bits per heavy atom. The van der Waals surface area contributed by atoms with Crippen LogP contribution in [-0.4, -0.2) is 65.6 Å². The molecule has 220 valence electrons. The SMILES string of the molecule is CC(NC(=O)[C@H](CCCN1CCOCC1)NC(=O)c1ccc(CNCc2ncc[nH]2)cc1)c1cccc2ccccc12. The quantitative estimate of drug-likeness (QED) is 0.195. The largest absolute Gasteiger partial charge is 0.379 e. The summed E-state index contributed by atoms with van der Waals surface area (Å²) in [4.78, 5) is 36.5. The number of H-pyrrole nitrogens is 1. The van der Waals surface area contributed by atoms with Gasteiger partial charge in [-0.25, -0.2) is 4.98 Å². The van der Waals surface area contributed by atoms with Gasteiger partial charge >= 0.3 is 0 Å². The fourth-order valence-corrected chi connectivity index (χ4v) is 5.37. The molecule has 1 saturated heterocycles. The van der Waals surface area contributed by atoms with E-state index in [0.717, 1.165) is 67.0 Å². The van der Waals surface area contributed by atoms with E-state index in [9.17, 15) is 9.59 Å². The summed E-state index contributed by atoms with van der Waals surface area (Å²) in [7, 11) is 0. The number of nitrogens with one attached hydrogen (secondary N) is 4. The lowest BCUT2D eigenvalue weighted by Crippen LogP contribution is -2.47. The molecule has 9 heteroatoms. The number of carbonyl (C=O) groups excluding carboxylic acids is 2. The number of aromatic nitrogens is 2. The zero-order valence-corrected chi connectivity index (χ0v) is 24.1. The molecule has 0 radical (unpaired) electrons. The van der Waals surface area contributed by atoms with E-state index in [1.807, 2.05) is 43.3 Å². The van der Waals surface area contributed by atoms with Crippen LogP contribution in [0, 0.1) is 0 Å². The molecule has 42 heavy (non-hydrogen) atoms. The number of rotatable bonds is 13. The van der Waals surface area contributed by atoms with Gasteiger partial charge in [-0.3, -0.25) is 14.5 Å². The topological polar surface area (TPSA) is 111 Å². The fourth-order valence-electron chi connectivity index (χ4n) is 5.37. The molecule has 2 atom stereocenters. The van der Waals surface area contributed by atoms with E-state index in [1.54, 1.807) is 24.5 Å². The van der Waals surface area contributed by atoms with Crippen molar-refractivity contribution in [1.82, 2.24) is 30.8 Å². The van der Waals surface area contributed by atoms with Crippen molar-refractivity contribution in [3.05, 3.63) is 102 Å². The minimum absolute atomic E-state index is 0.176. The zero-order valence-electron chi connectivity index (χ0n) is 24.1. The van der Waals surface area contributed by atoms with Gasteiger partial charge in [0.15, 0.2) is 0 Å². The van der Waals surface area contributed by atoms with Gasteiger partial charge in [0, 0.05) is 37.6 Å². The molecule has 0 aliphatic carbocycles. The van der Waals surface area contributed by atoms with Crippen LogP contribution >= 0.6 is 0 Å². The summed E-state index contributed by atoms with van der Waals surface area (Å²) in [5.74, 6) is 0.442. The second kappa shape index (κ2) is 14.7. The maximum absolute atomic E-state index is 13.6. The van der Waals surface area contributed by atoms with Gasteiger partial charge in [-0.1, -0.05) is 54.6 Å². The van der Waals surface area contributed by atoms with E-state index < -0.39 is 6.04 Å². The molecule has 1 aliphatic heterocycles. The third kappa shape index (κ3) is 8.03. The molecule has 5 rings (SSSR count). The molecular weight excluding hydrogens is 528 g/mol. The van der Waals surface area contributed by atoms with Crippen molar-refractivity contribution >= 4 is 22.6 Å². The van der Waals surface area contributed by atoms with E-state index in [1.165, 1.54) is 0 Å². The Balaban J connectivity index is 1.21. The Hall–Kier alpha value is -4.05. The summed E-state index contributed by atoms with van der Waals surface area (Å²) in [6.07, 6.45) is 4.86. The van der Waals surface area contributed by atoms with E-state index in [-0.39, 0.29) is 17.9 Å². The Labute approximate surface area is 247 Å². The van der Waals surface area contributed by atoms with E-state index >= 15 is 0 Å². The van der Waals surface area contributed by atoms with Crippen molar-refractivity contribution in [2.75, 3.05) is 32.8 Å². The lowest BCUT2D eigenvalue weighted by Gasteiger charge is -2.27. The Bertz CT molecular complexity index is 1430. The number of hydrogen-bond donors (Lipinski definition) is 4. The molecule has 0 spiro atoms. The van der Waals surface area contributed by atoms with Gasteiger partial charge in [0.25, 0.3) is 5.91 Å². The Kier molecular flexibility index (Phi) is 10.3. The number of nitrogens with zero attached hydrogens (tertiary/aromatic N) is 2. The summed E-state index contributed by atoms with van der Waals surface area (Å²) < 4.78 is 5.46. The smallest absolute Gasteiger partial charge is 0.251 e. The molecule has 9 nitrogen and oxygen atoms in total. The molecule has 4 aromatic rings. The molecule has 0 bridgehead atoms. The first-order valence-electron chi connectivity index (χ1n) is 14.7. The number of carbonyl (C=O) groups is 2. The van der Waals surface area contributed by atoms with E-state index in [0.29, 0.717) is 25.1 Å². The van der Waals surface area contributed by atoms with Crippen LogP contribution in [0.2, 0.25) is 0 Å². The molecule has 1 aromatic heterocycles. The highest BCUT2D eigenvalue weighted by atomic mass is 16.5.